The van der Waals surface area contributed by atoms with Gasteiger partial charge in [0.2, 0.25) is 5.91 Å². The van der Waals surface area contributed by atoms with E-state index in [9.17, 15) is 4.79 Å². The van der Waals surface area contributed by atoms with Crippen molar-refractivity contribution in [3.8, 4) is 0 Å². The summed E-state index contributed by atoms with van der Waals surface area (Å²) in [5.74, 6) is 1.20. The molecule has 122 valence electrons. The molecule has 1 N–H and O–H groups in total. The second-order valence-corrected chi connectivity index (χ2v) is 7.08. The van der Waals surface area contributed by atoms with Gasteiger partial charge in [-0.05, 0) is 38.3 Å². The number of halogens is 1. The molecule has 1 saturated carbocycles. The van der Waals surface area contributed by atoms with Crippen molar-refractivity contribution in [2.24, 2.45) is 0 Å². The molecule has 1 unspecified atom stereocenters. The third-order valence-electron chi connectivity index (χ3n) is 3.83. The number of hydrogen-bond donors (Lipinski definition) is 1. The number of nitrogens with zero attached hydrogens (tertiary/aromatic N) is 3. The van der Waals surface area contributed by atoms with Gasteiger partial charge in [0.15, 0.2) is 5.16 Å². The lowest BCUT2D eigenvalue weighted by Gasteiger charge is -2.15. The first kappa shape index (κ1) is 16.3. The van der Waals surface area contributed by atoms with Gasteiger partial charge in [-0.2, -0.15) is 0 Å². The van der Waals surface area contributed by atoms with Crippen LogP contribution in [0.25, 0.3) is 0 Å². The number of carbonyl (C=O) groups is 1. The SMILES string of the molecule is Cc1nnc(SCC(=O)NC(C)c2ccccc2Cl)n1C1CC1. The monoisotopic (exact) mass is 350 g/mol. The largest absolute Gasteiger partial charge is 0.349 e. The van der Waals surface area contributed by atoms with Crippen LogP contribution in [0.4, 0.5) is 0 Å². The quantitative estimate of drug-likeness (QED) is 0.809. The number of amides is 1. The van der Waals surface area contributed by atoms with Crippen LogP contribution in [-0.4, -0.2) is 26.4 Å². The average molecular weight is 351 g/mol. The highest BCUT2D eigenvalue weighted by Gasteiger charge is 2.28. The standard InChI is InChI=1S/C16H19ClN4OS/c1-10(13-5-3-4-6-14(13)17)18-15(22)9-23-16-20-19-11(2)21(16)12-7-8-12/h3-6,10,12H,7-9H2,1-2H3,(H,18,22). The first-order chi connectivity index (χ1) is 11.1. The van der Waals surface area contributed by atoms with Crippen LogP contribution in [0, 0.1) is 6.92 Å². The number of nitrogens with one attached hydrogen (secondary N) is 1. The predicted octanol–water partition coefficient (Wildman–Crippen LogP) is 3.54. The van der Waals surface area contributed by atoms with Gasteiger partial charge in [0, 0.05) is 11.1 Å². The zero-order chi connectivity index (χ0) is 16.4. The van der Waals surface area contributed by atoms with Crippen molar-refractivity contribution < 1.29 is 4.79 Å². The number of thioether (sulfide) groups is 1. The van der Waals surface area contributed by atoms with E-state index in [2.05, 4.69) is 20.1 Å². The highest BCUT2D eigenvalue weighted by molar-refractivity contribution is 7.99. The van der Waals surface area contributed by atoms with Crippen molar-refractivity contribution in [3.05, 3.63) is 40.7 Å². The first-order valence-electron chi connectivity index (χ1n) is 7.64. The molecule has 0 spiro atoms. The maximum atomic E-state index is 12.2. The van der Waals surface area contributed by atoms with E-state index in [-0.39, 0.29) is 11.9 Å². The van der Waals surface area contributed by atoms with Crippen LogP contribution in [0.3, 0.4) is 0 Å². The van der Waals surface area contributed by atoms with Crippen molar-refractivity contribution in [2.45, 2.75) is 43.9 Å². The van der Waals surface area contributed by atoms with Crippen molar-refractivity contribution in [1.29, 1.82) is 0 Å². The molecule has 5 nitrogen and oxygen atoms in total. The highest BCUT2D eigenvalue weighted by Crippen LogP contribution is 2.38. The van der Waals surface area contributed by atoms with E-state index in [1.165, 1.54) is 24.6 Å². The zero-order valence-corrected chi connectivity index (χ0v) is 14.7. The first-order valence-corrected chi connectivity index (χ1v) is 9.00. The van der Waals surface area contributed by atoms with Crippen LogP contribution in [0.5, 0.6) is 0 Å². The molecule has 7 heteroatoms. The molecule has 1 aromatic carbocycles. The Morgan fingerprint density at radius 2 is 2.17 bits per heavy atom. The van der Waals surface area contributed by atoms with Crippen LogP contribution < -0.4 is 5.32 Å². The summed E-state index contributed by atoms with van der Waals surface area (Å²) in [5, 5.41) is 12.8. The normalized spacial score (nSPS) is 15.4. The van der Waals surface area contributed by atoms with Crippen molar-refractivity contribution in [2.75, 3.05) is 5.75 Å². The Bertz CT molecular complexity index is 714. The van der Waals surface area contributed by atoms with E-state index in [1.54, 1.807) is 0 Å². The topological polar surface area (TPSA) is 59.8 Å². The second kappa shape index (κ2) is 6.93. The smallest absolute Gasteiger partial charge is 0.230 e. The van der Waals surface area contributed by atoms with Gasteiger partial charge in [0.05, 0.1) is 11.8 Å². The average Bonchev–Trinajstić information content (AvgIpc) is 3.29. The van der Waals surface area contributed by atoms with Gasteiger partial charge in [-0.25, -0.2) is 0 Å². The maximum absolute atomic E-state index is 12.2. The molecule has 1 aliphatic carbocycles. The fourth-order valence-electron chi connectivity index (χ4n) is 2.52. The van der Waals surface area contributed by atoms with E-state index in [4.69, 9.17) is 11.6 Å². The Labute approximate surface area is 144 Å². The minimum atomic E-state index is -0.125. The molecule has 0 saturated heterocycles. The minimum absolute atomic E-state index is 0.0366. The molecule has 1 heterocycles. The van der Waals surface area contributed by atoms with Crippen LogP contribution in [0.15, 0.2) is 29.4 Å². The lowest BCUT2D eigenvalue weighted by molar-refractivity contribution is -0.119. The number of rotatable bonds is 6. The van der Waals surface area contributed by atoms with Crippen molar-refractivity contribution in [1.82, 2.24) is 20.1 Å². The lowest BCUT2D eigenvalue weighted by atomic mass is 10.1. The fourth-order valence-corrected chi connectivity index (χ4v) is 3.68. The summed E-state index contributed by atoms with van der Waals surface area (Å²) >= 11 is 7.59. The molecule has 23 heavy (non-hydrogen) atoms. The minimum Gasteiger partial charge on any atom is -0.349 e. The Kier molecular flexibility index (Phi) is 4.92. The fraction of sp³-hybridized carbons (Fsp3) is 0.438. The molecule has 1 aliphatic rings. The van der Waals surface area contributed by atoms with Crippen LogP contribution >= 0.6 is 23.4 Å². The van der Waals surface area contributed by atoms with E-state index < -0.39 is 0 Å². The Hall–Kier alpha value is -1.53. The number of aromatic nitrogens is 3. The summed E-state index contributed by atoms with van der Waals surface area (Å²) in [6.45, 7) is 3.88. The lowest BCUT2D eigenvalue weighted by Crippen LogP contribution is -2.28. The van der Waals surface area contributed by atoms with Crippen LogP contribution in [-0.2, 0) is 4.79 Å². The van der Waals surface area contributed by atoms with Crippen molar-refractivity contribution >= 4 is 29.3 Å². The molecule has 1 aromatic heterocycles. The van der Waals surface area contributed by atoms with Gasteiger partial charge in [-0.3, -0.25) is 4.79 Å². The Balaban J connectivity index is 1.57. The highest BCUT2D eigenvalue weighted by atomic mass is 35.5. The molecule has 1 amide bonds. The summed E-state index contributed by atoms with van der Waals surface area (Å²) in [6, 6.07) is 7.93. The zero-order valence-electron chi connectivity index (χ0n) is 13.1. The van der Waals surface area contributed by atoms with E-state index >= 15 is 0 Å². The van der Waals surface area contributed by atoms with Crippen LogP contribution in [0.1, 0.15) is 43.2 Å². The van der Waals surface area contributed by atoms with Gasteiger partial charge >= 0.3 is 0 Å². The van der Waals surface area contributed by atoms with Gasteiger partial charge in [0.1, 0.15) is 5.82 Å². The summed E-state index contributed by atoms with van der Waals surface area (Å²) in [6.07, 6.45) is 2.34. The van der Waals surface area contributed by atoms with E-state index in [1.807, 2.05) is 38.1 Å². The van der Waals surface area contributed by atoms with Gasteiger partial charge in [-0.1, -0.05) is 41.6 Å². The molecule has 0 radical (unpaired) electrons. The van der Waals surface area contributed by atoms with Gasteiger partial charge in [0.25, 0.3) is 0 Å². The molecule has 0 aliphatic heterocycles. The third kappa shape index (κ3) is 3.87. The molecule has 3 rings (SSSR count). The summed E-state index contributed by atoms with van der Waals surface area (Å²) in [4.78, 5) is 12.2. The Morgan fingerprint density at radius 1 is 1.43 bits per heavy atom. The summed E-state index contributed by atoms with van der Waals surface area (Å²) < 4.78 is 2.13. The number of hydrogen-bond acceptors (Lipinski definition) is 4. The number of aryl methyl sites for hydroxylation is 1. The van der Waals surface area contributed by atoms with E-state index in [0.717, 1.165) is 16.5 Å². The number of benzene rings is 1. The summed E-state index contributed by atoms with van der Waals surface area (Å²) in [7, 11) is 0. The molecular formula is C16H19ClN4OS. The van der Waals surface area contributed by atoms with Gasteiger partial charge in [-0.15, -0.1) is 10.2 Å². The van der Waals surface area contributed by atoms with E-state index in [0.29, 0.717) is 16.8 Å². The molecule has 1 fully saturated rings. The van der Waals surface area contributed by atoms with Crippen molar-refractivity contribution in [3.63, 3.8) is 0 Å². The summed E-state index contributed by atoms with van der Waals surface area (Å²) in [5.41, 5.74) is 0.921. The Morgan fingerprint density at radius 3 is 2.87 bits per heavy atom. The molecule has 2 aromatic rings. The van der Waals surface area contributed by atoms with Crippen LogP contribution in [0.2, 0.25) is 5.02 Å². The molecule has 0 bridgehead atoms. The predicted molar refractivity (Wildman–Crippen MR) is 91.8 cm³/mol. The molecule has 1 atom stereocenters. The van der Waals surface area contributed by atoms with Gasteiger partial charge < -0.3 is 9.88 Å². The molecular weight excluding hydrogens is 332 g/mol. The maximum Gasteiger partial charge on any atom is 0.230 e. The number of carbonyl (C=O) groups excluding carboxylic acids is 1. The third-order valence-corrected chi connectivity index (χ3v) is 5.12. The second-order valence-electron chi connectivity index (χ2n) is 5.73.